The molecule has 0 heterocycles. The van der Waals surface area contributed by atoms with E-state index in [0.717, 1.165) is 161 Å². The zero-order chi connectivity index (χ0) is 50.0. The second-order valence-electron chi connectivity index (χ2n) is 17.8. The fourth-order valence-electron chi connectivity index (χ4n) is 6.98. The molecule has 0 aromatic rings. The van der Waals surface area contributed by atoms with E-state index in [-0.39, 0.29) is 31.1 Å². The molecule has 388 valence electrons. The van der Waals surface area contributed by atoms with Gasteiger partial charge >= 0.3 is 17.9 Å². The van der Waals surface area contributed by atoms with E-state index < -0.39 is 6.10 Å². The summed E-state index contributed by atoms with van der Waals surface area (Å²) >= 11 is 0. The SMILES string of the molecule is CC/C=C\C/C=C\C/C=C\C/C=C\C/C=C\C/C=C\C/C=C\C/C=C\C/C=C\C/C=C\CCCCCCC(=O)OCC(COC(=O)CCCCCCC)OC(=O)CCCCCCC/C=C\CCCC. The zero-order valence-electron chi connectivity index (χ0n) is 44.3. The minimum atomic E-state index is -0.791. The van der Waals surface area contributed by atoms with Gasteiger partial charge in [0, 0.05) is 19.3 Å². The highest BCUT2D eigenvalue weighted by atomic mass is 16.6. The van der Waals surface area contributed by atoms with Crippen molar-refractivity contribution < 1.29 is 28.6 Å². The van der Waals surface area contributed by atoms with Crippen molar-refractivity contribution in [1.29, 1.82) is 0 Å². The third-order valence-corrected chi connectivity index (χ3v) is 11.1. The third kappa shape index (κ3) is 54.4. The van der Waals surface area contributed by atoms with E-state index in [0.29, 0.717) is 19.3 Å². The maximum absolute atomic E-state index is 12.7. The van der Waals surface area contributed by atoms with Gasteiger partial charge in [-0.2, -0.15) is 0 Å². The molecule has 0 amide bonds. The van der Waals surface area contributed by atoms with E-state index in [9.17, 15) is 14.4 Å². The molecule has 0 spiro atoms. The quantitative estimate of drug-likeness (QED) is 0.0262. The maximum Gasteiger partial charge on any atom is 0.306 e. The van der Waals surface area contributed by atoms with Gasteiger partial charge in [0.25, 0.3) is 0 Å². The summed E-state index contributed by atoms with van der Waals surface area (Å²) in [7, 11) is 0. The predicted octanol–water partition coefficient (Wildman–Crippen LogP) is 18.6. The summed E-state index contributed by atoms with van der Waals surface area (Å²) < 4.78 is 16.6. The highest BCUT2D eigenvalue weighted by Gasteiger charge is 2.19. The molecule has 69 heavy (non-hydrogen) atoms. The zero-order valence-corrected chi connectivity index (χ0v) is 44.3. The Morgan fingerprint density at radius 1 is 0.304 bits per heavy atom. The molecule has 0 fully saturated rings. The Bertz CT molecular complexity index is 1510. The minimum Gasteiger partial charge on any atom is -0.462 e. The number of carbonyl (C=O) groups excluding carboxylic acids is 3. The molecule has 6 heteroatoms. The van der Waals surface area contributed by atoms with E-state index >= 15 is 0 Å². The van der Waals surface area contributed by atoms with Crippen molar-refractivity contribution in [3.8, 4) is 0 Å². The fraction of sp³-hybridized carbons (Fsp3) is 0.603. The van der Waals surface area contributed by atoms with Crippen LogP contribution in [0.15, 0.2) is 134 Å². The van der Waals surface area contributed by atoms with Crippen LogP contribution in [0.3, 0.4) is 0 Å². The number of ether oxygens (including phenoxy) is 3. The van der Waals surface area contributed by atoms with Gasteiger partial charge in [-0.25, -0.2) is 0 Å². The third-order valence-electron chi connectivity index (χ3n) is 11.1. The average Bonchev–Trinajstić information content (AvgIpc) is 3.35. The van der Waals surface area contributed by atoms with Crippen LogP contribution in [0.25, 0.3) is 0 Å². The summed E-state index contributed by atoms with van der Waals surface area (Å²) in [6.45, 7) is 6.34. The largest absolute Gasteiger partial charge is 0.462 e. The van der Waals surface area contributed by atoms with Crippen molar-refractivity contribution in [3.63, 3.8) is 0 Å². The number of rotatable bonds is 48. The molecule has 1 atom stereocenters. The Balaban J connectivity index is 4.11. The molecular weight excluding hydrogens is 853 g/mol. The second-order valence-corrected chi connectivity index (χ2v) is 17.8. The first-order valence-corrected chi connectivity index (χ1v) is 27.7. The maximum atomic E-state index is 12.7. The Morgan fingerprint density at radius 2 is 0.580 bits per heavy atom. The van der Waals surface area contributed by atoms with Gasteiger partial charge in [0.2, 0.25) is 0 Å². The highest BCUT2D eigenvalue weighted by molar-refractivity contribution is 5.71. The Kier molecular flexibility index (Phi) is 52.5. The molecular formula is C63H100O6. The first-order valence-electron chi connectivity index (χ1n) is 27.7. The molecule has 0 saturated heterocycles. The van der Waals surface area contributed by atoms with Crippen molar-refractivity contribution in [2.75, 3.05) is 13.2 Å². The summed E-state index contributed by atoms with van der Waals surface area (Å²) in [4.78, 5) is 37.6. The number of esters is 3. The van der Waals surface area contributed by atoms with Crippen molar-refractivity contribution in [2.24, 2.45) is 0 Å². The lowest BCUT2D eigenvalue weighted by Gasteiger charge is -2.18. The minimum absolute atomic E-state index is 0.0932. The van der Waals surface area contributed by atoms with Gasteiger partial charge in [-0.15, -0.1) is 0 Å². The standard InChI is InChI=1S/C63H100O6/c1-4-7-10-13-15-17-19-20-21-22-23-24-25-26-27-28-29-30-31-32-33-34-35-36-37-38-39-40-41-42-44-45-47-50-53-56-62(65)68-59-60(58-67-61(64)55-52-49-12-9-6-3)69-63(66)57-54-51-48-46-43-18-16-14-11-8-5-2/h7,10,14-17,20-21,23-24,26-27,29-30,32-33,35-36,38-39,41-42,60H,4-6,8-9,11-13,18-19,22,25,28,31,34,37,40,43-59H2,1-3H3/b10-7-,16-14-,17-15-,21-20-,24-23-,27-26-,30-29-,33-32-,36-35-,39-38-,42-41-. The van der Waals surface area contributed by atoms with Crippen LogP contribution >= 0.6 is 0 Å². The summed E-state index contributed by atoms with van der Waals surface area (Å²) in [6, 6.07) is 0. The number of unbranched alkanes of at least 4 members (excludes halogenated alkanes) is 15. The first kappa shape index (κ1) is 64.5. The van der Waals surface area contributed by atoms with Crippen LogP contribution in [0.1, 0.15) is 226 Å². The monoisotopic (exact) mass is 953 g/mol. The lowest BCUT2D eigenvalue weighted by Crippen LogP contribution is -2.30. The van der Waals surface area contributed by atoms with Gasteiger partial charge in [-0.1, -0.05) is 225 Å². The first-order chi connectivity index (χ1) is 34.0. The van der Waals surface area contributed by atoms with E-state index in [4.69, 9.17) is 14.2 Å². The van der Waals surface area contributed by atoms with Gasteiger partial charge in [-0.3, -0.25) is 14.4 Å². The molecule has 0 saturated carbocycles. The number of hydrogen-bond donors (Lipinski definition) is 0. The van der Waals surface area contributed by atoms with E-state index in [1.807, 2.05) is 0 Å². The van der Waals surface area contributed by atoms with Crippen LogP contribution in [-0.4, -0.2) is 37.2 Å². The topological polar surface area (TPSA) is 78.9 Å². The molecule has 6 nitrogen and oxygen atoms in total. The van der Waals surface area contributed by atoms with E-state index in [2.05, 4.69) is 154 Å². The van der Waals surface area contributed by atoms with E-state index in [1.165, 1.54) is 25.7 Å². The summed E-state index contributed by atoms with van der Waals surface area (Å²) in [5.41, 5.74) is 0. The molecule has 0 aliphatic heterocycles. The molecule has 0 aromatic carbocycles. The van der Waals surface area contributed by atoms with Gasteiger partial charge in [0.15, 0.2) is 6.10 Å². The van der Waals surface area contributed by atoms with Crippen LogP contribution in [0.5, 0.6) is 0 Å². The number of hydrogen-bond acceptors (Lipinski definition) is 6. The average molecular weight is 953 g/mol. The molecule has 0 radical (unpaired) electrons. The van der Waals surface area contributed by atoms with Gasteiger partial charge < -0.3 is 14.2 Å². The molecule has 0 aliphatic rings. The van der Waals surface area contributed by atoms with Gasteiger partial charge in [0.1, 0.15) is 13.2 Å². The van der Waals surface area contributed by atoms with Gasteiger partial charge in [-0.05, 0) is 116 Å². The Labute approximate surface area is 424 Å². The van der Waals surface area contributed by atoms with Crippen molar-refractivity contribution in [2.45, 2.75) is 232 Å². The molecule has 0 aromatic heterocycles. The Hall–Kier alpha value is -4.45. The molecule has 0 bridgehead atoms. The molecule has 0 N–H and O–H groups in total. The van der Waals surface area contributed by atoms with Crippen LogP contribution in [-0.2, 0) is 28.6 Å². The lowest BCUT2D eigenvalue weighted by atomic mass is 10.1. The predicted molar refractivity (Wildman–Crippen MR) is 297 cm³/mol. The van der Waals surface area contributed by atoms with Crippen molar-refractivity contribution >= 4 is 17.9 Å². The molecule has 0 rings (SSSR count). The summed E-state index contributed by atoms with van der Waals surface area (Å²) in [5.74, 6) is -0.953. The van der Waals surface area contributed by atoms with Crippen LogP contribution in [0.4, 0.5) is 0 Å². The molecule has 0 aliphatic carbocycles. The Morgan fingerprint density at radius 3 is 0.942 bits per heavy atom. The van der Waals surface area contributed by atoms with Crippen LogP contribution < -0.4 is 0 Å². The summed E-state index contributed by atoms with van der Waals surface area (Å²) in [6.07, 6.45) is 79.2. The van der Waals surface area contributed by atoms with Crippen LogP contribution in [0.2, 0.25) is 0 Å². The highest BCUT2D eigenvalue weighted by Crippen LogP contribution is 2.12. The van der Waals surface area contributed by atoms with Crippen molar-refractivity contribution in [1.82, 2.24) is 0 Å². The molecule has 1 unspecified atom stereocenters. The number of carbonyl (C=O) groups is 3. The van der Waals surface area contributed by atoms with Crippen LogP contribution in [0, 0.1) is 0 Å². The van der Waals surface area contributed by atoms with E-state index in [1.54, 1.807) is 0 Å². The second kappa shape index (κ2) is 56.1. The number of allylic oxidation sites excluding steroid dienone is 22. The lowest BCUT2D eigenvalue weighted by molar-refractivity contribution is -0.167. The van der Waals surface area contributed by atoms with Gasteiger partial charge in [0.05, 0.1) is 0 Å². The normalized spacial score (nSPS) is 13.1. The summed E-state index contributed by atoms with van der Waals surface area (Å²) in [5, 5.41) is 0. The smallest absolute Gasteiger partial charge is 0.306 e. The fourth-order valence-corrected chi connectivity index (χ4v) is 6.98. The van der Waals surface area contributed by atoms with Crippen molar-refractivity contribution in [3.05, 3.63) is 134 Å².